The van der Waals surface area contributed by atoms with E-state index in [1.807, 2.05) is 49.4 Å². The van der Waals surface area contributed by atoms with Crippen molar-refractivity contribution in [2.24, 2.45) is 0 Å². The molecule has 3 N–H and O–H groups in total. The number of anilines is 2. The highest BCUT2D eigenvalue weighted by Crippen LogP contribution is 2.35. The van der Waals surface area contributed by atoms with Gasteiger partial charge in [0.2, 0.25) is 11.8 Å². The van der Waals surface area contributed by atoms with Gasteiger partial charge in [-0.25, -0.2) is 4.98 Å². The minimum atomic E-state index is -0.260. The summed E-state index contributed by atoms with van der Waals surface area (Å²) in [5, 5.41) is 5.47. The second kappa shape index (κ2) is 8.29. The zero-order valence-corrected chi connectivity index (χ0v) is 17.3. The first kappa shape index (κ1) is 19.5. The van der Waals surface area contributed by atoms with Gasteiger partial charge in [-0.2, -0.15) is 0 Å². The number of thioether (sulfide) groups is 1. The molecule has 1 fully saturated rings. The largest absolute Gasteiger partial charge is 0.342 e. The van der Waals surface area contributed by atoms with E-state index < -0.39 is 0 Å². The molecule has 0 spiro atoms. The van der Waals surface area contributed by atoms with E-state index in [0.29, 0.717) is 5.92 Å². The minimum absolute atomic E-state index is 0.0565. The van der Waals surface area contributed by atoms with Crippen molar-refractivity contribution in [2.75, 3.05) is 10.6 Å². The molecule has 0 bridgehead atoms. The topological polar surface area (TPSA) is 86.9 Å². The molecule has 7 heteroatoms. The molecular weight excluding hydrogens is 384 g/mol. The summed E-state index contributed by atoms with van der Waals surface area (Å²) in [6.07, 6.45) is 3.67. The van der Waals surface area contributed by atoms with Gasteiger partial charge in [-0.15, -0.1) is 11.8 Å². The molecule has 0 aliphatic heterocycles. The van der Waals surface area contributed by atoms with Crippen LogP contribution in [-0.4, -0.2) is 27.0 Å². The maximum Gasteiger partial charge on any atom is 0.237 e. The van der Waals surface area contributed by atoms with Crippen LogP contribution in [-0.2, 0) is 9.59 Å². The number of aromatic nitrogens is 2. The molecule has 1 unspecified atom stereocenters. The molecule has 1 heterocycles. The summed E-state index contributed by atoms with van der Waals surface area (Å²) in [6, 6.07) is 13.3. The standard InChI is InChI=1S/C22H24N4O2S/c1-13(29-18-9-6-16(7-10-18)23-14(2)27)22(28)24-17-8-11-19-20(12-17)26-21(25-19)15-4-3-5-15/h6-13,15H,3-5H2,1-2H3,(H,23,27)(H,24,28)(H,25,26). The molecular formula is C22H24N4O2S. The van der Waals surface area contributed by atoms with Gasteiger partial charge in [0.05, 0.1) is 16.3 Å². The number of nitrogens with one attached hydrogen (secondary N) is 3. The van der Waals surface area contributed by atoms with E-state index in [2.05, 4.69) is 20.6 Å². The maximum atomic E-state index is 12.6. The predicted octanol–water partition coefficient (Wildman–Crippen LogP) is 4.91. The van der Waals surface area contributed by atoms with Gasteiger partial charge in [0.25, 0.3) is 0 Å². The Balaban J connectivity index is 1.38. The van der Waals surface area contributed by atoms with Gasteiger partial charge in [0, 0.05) is 29.1 Å². The number of amides is 2. The normalized spacial score (nSPS) is 15.0. The van der Waals surface area contributed by atoms with Crippen molar-refractivity contribution in [2.45, 2.75) is 49.2 Å². The summed E-state index contributed by atoms with van der Waals surface area (Å²) < 4.78 is 0. The third-order valence-corrected chi connectivity index (χ3v) is 6.23. The van der Waals surface area contributed by atoms with Gasteiger partial charge in [-0.05, 0) is 62.2 Å². The Morgan fingerprint density at radius 2 is 1.83 bits per heavy atom. The lowest BCUT2D eigenvalue weighted by Gasteiger charge is -2.22. The highest BCUT2D eigenvalue weighted by Gasteiger charge is 2.22. The predicted molar refractivity (Wildman–Crippen MR) is 117 cm³/mol. The third kappa shape index (κ3) is 4.62. The number of rotatable bonds is 6. The van der Waals surface area contributed by atoms with Crippen LogP contribution in [0.4, 0.5) is 11.4 Å². The van der Waals surface area contributed by atoms with Gasteiger partial charge < -0.3 is 15.6 Å². The van der Waals surface area contributed by atoms with Crippen LogP contribution in [0, 0.1) is 0 Å². The Hall–Kier alpha value is -2.80. The lowest BCUT2D eigenvalue weighted by Crippen LogP contribution is -2.22. The molecule has 150 valence electrons. The van der Waals surface area contributed by atoms with Crippen molar-refractivity contribution < 1.29 is 9.59 Å². The molecule has 1 aliphatic carbocycles. The van der Waals surface area contributed by atoms with Crippen LogP contribution < -0.4 is 10.6 Å². The number of hydrogen-bond acceptors (Lipinski definition) is 4. The Kier molecular flexibility index (Phi) is 5.58. The molecule has 29 heavy (non-hydrogen) atoms. The van der Waals surface area contributed by atoms with Crippen LogP contribution in [0.25, 0.3) is 11.0 Å². The second-order valence-corrected chi connectivity index (χ2v) is 8.85. The third-order valence-electron chi connectivity index (χ3n) is 5.12. The van der Waals surface area contributed by atoms with Crippen LogP contribution in [0.1, 0.15) is 44.9 Å². The van der Waals surface area contributed by atoms with Crippen molar-refractivity contribution in [1.29, 1.82) is 0 Å². The van der Waals surface area contributed by atoms with Crippen LogP contribution >= 0.6 is 11.8 Å². The zero-order chi connectivity index (χ0) is 20.4. The van der Waals surface area contributed by atoms with Crippen molar-refractivity contribution in [1.82, 2.24) is 9.97 Å². The molecule has 1 aliphatic rings. The lowest BCUT2D eigenvalue weighted by molar-refractivity contribution is -0.115. The van der Waals surface area contributed by atoms with Crippen LogP contribution in [0.15, 0.2) is 47.4 Å². The molecule has 2 amide bonds. The van der Waals surface area contributed by atoms with E-state index in [1.54, 1.807) is 0 Å². The Bertz CT molecular complexity index is 1040. The van der Waals surface area contributed by atoms with E-state index in [4.69, 9.17) is 0 Å². The van der Waals surface area contributed by atoms with Gasteiger partial charge >= 0.3 is 0 Å². The van der Waals surface area contributed by atoms with Gasteiger partial charge in [-0.1, -0.05) is 6.42 Å². The van der Waals surface area contributed by atoms with E-state index >= 15 is 0 Å². The first-order valence-electron chi connectivity index (χ1n) is 9.83. The highest BCUT2D eigenvalue weighted by molar-refractivity contribution is 8.00. The number of carbonyl (C=O) groups excluding carboxylic acids is 2. The van der Waals surface area contributed by atoms with E-state index in [0.717, 1.165) is 33.1 Å². The van der Waals surface area contributed by atoms with Crippen molar-refractivity contribution in [3.05, 3.63) is 48.3 Å². The van der Waals surface area contributed by atoms with Crippen molar-refractivity contribution in [3.8, 4) is 0 Å². The molecule has 0 radical (unpaired) electrons. The molecule has 6 nitrogen and oxygen atoms in total. The van der Waals surface area contributed by atoms with Crippen LogP contribution in [0.5, 0.6) is 0 Å². The fourth-order valence-electron chi connectivity index (χ4n) is 3.30. The summed E-state index contributed by atoms with van der Waals surface area (Å²) in [4.78, 5) is 32.8. The minimum Gasteiger partial charge on any atom is -0.342 e. The summed E-state index contributed by atoms with van der Waals surface area (Å²) in [5.41, 5.74) is 3.40. The number of benzene rings is 2. The van der Waals surface area contributed by atoms with Crippen LogP contribution in [0.2, 0.25) is 0 Å². The zero-order valence-electron chi connectivity index (χ0n) is 16.5. The number of carbonyl (C=O) groups is 2. The number of hydrogen-bond donors (Lipinski definition) is 3. The van der Waals surface area contributed by atoms with E-state index in [-0.39, 0.29) is 17.1 Å². The van der Waals surface area contributed by atoms with E-state index in [1.165, 1.54) is 37.9 Å². The molecule has 3 aromatic rings. The van der Waals surface area contributed by atoms with E-state index in [9.17, 15) is 9.59 Å². The molecule has 1 aromatic heterocycles. The Morgan fingerprint density at radius 1 is 1.10 bits per heavy atom. The van der Waals surface area contributed by atoms with Crippen molar-refractivity contribution >= 4 is 46.0 Å². The second-order valence-electron chi connectivity index (χ2n) is 7.44. The number of imidazole rings is 1. The molecule has 4 rings (SSSR count). The maximum absolute atomic E-state index is 12.6. The molecule has 1 saturated carbocycles. The molecule has 0 saturated heterocycles. The average molecular weight is 409 g/mol. The van der Waals surface area contributed by atoms with Gasteiger partial charge in [-0.3, -0.25) is 9.59 Å². The summed E-state index contributed by atoms with van der Waals surface area (Å²) in [7, 11) is 0. The quantitative estimate of drug-likeness (QED) is 0.506. The summed E-state index contributed by atoms with van der Waals surface area (Å²) in [6.45, 7) is 3.36. The fourth-order valence-corrected chi connectivity index (χ4v) is 4.17. The lowest BCUT2D eigenvalue weighted by atomic mass is 9.85. The first-order valence-corrected chi connectivity index (χ1v) is 10.7. The molecule has 2 aromatic carbocycles. The number of H-pyrrole nitrogens is 1. The smallest absolute Gasteiger partial charge is 0.237 e. The molecule has 1 atom stereocenters. The first-order chi connectivity index (χ1) is 14.0. The fraction of sp³-hybridized carbons (Fsp3) is 0.318. The summed E-state index contributed by atoms with van der Waals surface area (Å²) >= 11 is 1.48. The highest BCUT2D eigenvalue weighted by atomic mass is 32.2. The Morgan fingerprint density at radius 3 is 2.48 bits per heavy atom. The van der Waals surface area contributed by atoms with Gasteiger partial charge in [0.15, 0.2) is 0 Å². The number of nitrogens with zero attached hydrogens (tertiary/aromatic N) is 1. The number of aromatic amines is 1. The monoisotopic (exact) mass is 408 g/mol. The Labute approximate surface area is 173 Å². The average Bonchev–Trinajstić information content (AvgIpc) is 3.03. The summed E-state index contributed by atoms with van der Waals surface area (Å²) in [5.74, 6) is 1.45. The van der Waals surface area contributed by atoms with Gasteiger partial charge in [0.1, 0.15) is 5.82 Å². The van der Waals surface area contributed by atoms with Crippen LogP contribution in [0.3, 0.4) is 0 Å². The number of fused-ring (bicyclic) bond motifs is 1. The van der Waals surface area contributed by atoms with Crippen molar-refractivity contribution in [3.63, 3.8) is 0 Å². The SMILES string of the molecule is CC(=O)Nc1ccc(SC(C)C(=O)Nc2ccc3nc(C4CCC4)[nH]c3c2)cc1.